The Labute approximate surface area is 111 Å². The predicted molar refractivity (Wildman–Crippen MR) is 76.2 cm³/mol. The molecule has 0 aliphatic rings. The molecule has 0 aliphatic carbocycles. The molecule has 2 N–H and O–H groups in total. The topological polar surface area (TPSA) is 40.5 Å². The summed E-state index contributed by atoms with van der Waals surface area (Å²) in [7, 11) is 0. The van der Waals surface area contributed by atoms with Crippen LogP contribution in [0.2, 0.25) is 0 Å². The number of hydrogen-bond acceptors (Lipinski definition) is 2. The van der Waals surface area contributed by atoms with Crippen LogP contribution in [0.1, 0.15) is 63.5 Å². The molecule has 1 aromatic rings. The van der Waals surface area contributed by atoms with E-state index in [9.17, 15) is 10.2 Å². The summed E-state index contributed by atoms with van der Waals surface area (Å²) in [5, 5.41) is 19.6. The fraction of sp³-hybridized carbons (Fsp3) is 0.625. The Balaban J connectivity index is 2.76. The highest BCUT2D eigenvalue weighted by Gasteiger charge is 2.11. The Morgan fingerprint density at radius 1 is 0.833 bits per heavy atom. The van der Waals surface area contributed by atoms with E-state index >= 15 is 0 Å². The summed E-state index contributed by atoms with van der Waals surface area (Å²) >= 11 is 0. The van der Waals surface area contributed by atoms with Crippen molar-refractivity contribution in [3.8, 4) is 11.5 Å². The second-order valence-corrected chi connectivity index (χ2v) is 4.99. The Morgan fingerprint density at radius 2 is 1.44 bits per heavy atom. The monoisotopic (exact) mass is 250 g/mol. The molecule has 0 aliphatic heterocycles. The Hall–Kier alpha value is -1.18. The van der Waals surface area contributed by atoms with Crippen LogP contribution in [0.15, 0.2) is 12.1 Å². The second kappa shape index (κ2) is 8.02. The van der Waals surface area contributed by atoms with Gasteiger partial charge in [-0.3, -0.25) is 0 Å². The van der Waals surface area contributed by atoms with Crippen LogP contribution in [-0.2, 0) is 12.8 Å². The number of benzene rings is 1. The third-order valence-electron chi connectivity index (χ3n) is 3.44. The Bertz CT molecular complexity index is 358. The standard InChI is InChI=1S/C16H26O2/c1-3-5-7-9-13-11-12-15(17)16(18)14(13)10-8-6-4-2/h11-12,17-18H,3-10H2,1-2H3. The van der Waals surface area contributed by atoms with Gasteiger partial charge in [0.1, 0.15) is 0 Å². The molecule has 0 fully saturated rings. The Kier molecular flexibility index (Phi) is 6.63. The molecule has 1 rings (SSSR count). The maximum Gasteiger partial charge on any atom is 0.160 e. The van der Waals surface area contributed by atoms with Gasteiger partial charge in [0.2, 0.25) is 0 Å². The first-order chi connectivity index (χ1) is 8.70. The van der Waals surface area contributed by atoms with E-state index in [-0.39, 0.29) is 11.5 Å². The van der Waals surface area contributed by atoms with Gasteiger partial charge in [-0.15, -0.1) is 0 Å². The first-order valence-electron chi connectivity index (χ1n) is 7.23. The fourth-order valence-electron chi connectivity index (χ4n) is 2.30. The minimum Gasteiger partial charge on any atom is -0.504 e. The van der Waals surface area contributed by atoms with Crippen molar-refractivity contribution in [3.63, 3.8) is 0 Å². The molecular formula is C16H26O2. The van der Waals surface area contributed by atoms with Crippen LogP contribution < -0.4 is 0 Å². The summed E-state index contributed by atoms with van der Waals surface area (Å²) < 4.78 is 0. The van der Waals surface area contributed by atoms with Gasteiger partial charge in [0.25, 0.3) is 0 Å². The van der Waals surface area contributed by atoms with Crippen molar-refractivity contribution in [1.29, 1.82) is 0 Å². The number of aryl methyl sites for hydroxylation is 1. The van der Waals surface area contributed by atoms with Crippen LogP contribution in [0.4, 0.5) is 0 Å². The van der Waals surface area contributed by atoms with Crippen molar-refractivity contribution in [2.75, 3.05) is 0 Å². The summed E-state index contributed by atoms with van der Waals surface area (Å²) in [6.07, 6.45) is 8.87. The van der Waals surface area contributed by atoms with Crippen LogP contribution in [0.3, 0.4) is 0 Å². The van der Waals surface area contributed by atoms with Crippen LogP contribution >= 0.6 is 0 Å². The number of rotatable bonds is 8. The number of phenols is 2. The Morgan fingerprint density at radius 3 is 2.06 bits per heavy atom. The van der Waals surface area contributed by atoms with Gasteiger partial charge < -0.3 is 10.2 Å². The second-order valence-electron chi connectivity index (χ2n) is 4.99. The van der Waals surface area contributed by atoms with E-state index in [1.54, 1.807) is 6.07 Å². The van der Waals surface area contributed by atoms with Gasteiger partial charge in [-0.1, -0.05) is 45.6 Å². The number of aromatic hydroxyl groups is 2. The van der Waals surface area contributed by atoms with Crippen LogP contribution in [-0.4, -0.2) is 10.2 Å². The fourth-order valence-corrected chi connectivity index (χ4v) is 2.30. The minimum atomic E-state index is 0.0146. The first-order valence-corrected chi connectivity index (χ1v) is 7.23. The zero-order chi connectivity index (χ0) is 13.4. The van der Waals surface area contributed by atoms with Gasteiger partial charge in [-0.05, 0) is 37.3 Å². The lowest BCUT2D eigenvalue weighted by Crippen LogP contribution is -1.96. The average Bonchev–Trinajstić information content (AvgIpc) is 2.37. The molecule has 0 heterocycles. The third-order valence-corrected chi connectivity index (χ3v) is 3.44. The van der Waals surface area contributed by atoms with Crippen molar-refractivity contribution in [2.24, 2.45) is 0 Å². The van der Waals surface area contributed by atoms with Crippen LogP contribution in [0.5, 0.6) is 11.5 Å². The summed E-state index contributed by atoms with van der Waals surface area (Å²) in [5.41, 5.74) is 2.16. The highest BCUT2D eigenvalue weighted by molar-refractivity contribution is 5.49. The average molecular weight is 250 g/mol. The van der Waals surface area contributed by atoms with Crippen LogP contribution in [0.25, 0.3) is 0 Å². The molecule has 0 aromatic heterocycles. The van der Waals surface area contributed by atoms with E-state index in [1.807, 2.05) is 6.07 Å². The molecule has 0 amide bonds. The van der Waals surface area contributed by atoms with Crippen molar-refractivity contribution in [2.45, 2.75) is 65.2 Å². The van der Waals surface area contributed by atoms with E-state index in [0.717, 1.165) is 31.2 Å². The van der Waals surface area contributed by atoms with E-state index in [0.29, 0.717) is 0 Å². The summed E-state index contributed by atoms with van der Waals surface area (Å²) in [6.45, 7) is 4.36. The lowest BCUT2D eigenvalue weighted by Gasteiger charge is -2.12. The van der Waals surface area contributed by atoms with Crippen molar-refractivity contribution < 1.29 is 10.2 Å². The lowest BCUT2D eigenvalue weighted by atomic mass is 9.96. The van der Waals surface area contributed by atoms with Gasteiger partial charge in [0.05, 0.1) is 0 Å². The van der Waals surface area contributed by atoms with Gasteiger partial charge >= 0.3 is 0 Å². The highest BCUT2D eigenvalue weighted by Crippen LogP contribution is 2.33. The molecule has 18 heavy (non-hydrogen) atoms. The smallest absolute Gasteiger partial charge is 0.160 e. The maximum atomic E-state index is 9.98. The molecule has 0 spiro atoms. The van der Waals surface area contributed by atoms with Gasteiger partial charge in [-0.25, -0.2) is 0 Å². The zero-order valence-corrected chi connectivity index (χ0v) is 11.7. The number of hydrogen-bond donors (Lipinski definition) is 2. The molecule has 0 radical (unpaired) electrons. The third kappa shape index (κ3) is 4.25. The quantitative estimate of drug-likeness (QED) is 0.524. The normalized spacial score (nSPS) is 10.8. The molecule has 0 unspecified atom stereocenters. The molecule has 1 aromatic carbocycles. The van der Waals surface area contributed by atoms with Gasteiger partial charge in [0.15, 0.2) is 11.5 Å². The van der Waals surface area contributed by atoms with E-state index < -0.39 is 0 Å². The molecule has 0 saturated heterocycles. The first kappa shape index (κ1) is 14.9. The zero-order valence-electron chi connectivity index (χ0n) is 11.7. The van der Waals surface area contributed by atoms with Crippen molar-refractivity contribution in [1.82, 2.24) is 0 Å². The highest BCUT2D eigenvalue weighted by atomic mass is 16.3. The predicted octanol–water partition coefficient (Wildman–Crippen LogP) is 4.56. The minimum absolute atomic E-state index is 0.0146. The number of phenolic OH excluding ortho intramolecular Hbond substituents is 2. The molecule has 2 nitrogen and oxygen atoms in total. The van der Waals surface area contributed by atoms with Gasteiger partial charge in [0, 0.05) is 5.56 Å². The van der Waals surface area contributed by atoms with E-state index in [4.69, 9.17) is 0 Å². The molecule has 0 bridgehead atoms. The van der Waals surface area contributed by atoms with Crippen LogP contribution in [0, 0.1) is 0 Å². The molecule has 0 atom stereocenters. The molecule has 102 valence electrons. The largest absolute Gasteiger partial charge is 0.504 e. The maximum absolute atomic E-state index is 9.98. The summed E-state index contributed by atoms with van der Waals surface area (Å²) in [6, 6.07) is 3.58. The van der Waals surface area contributed by atoms with Crippen molar-refractivity contribution in [3.05, 3.63) is 23.3 Å². The van der Waals surface area contributed by atoms with E-state index in [1.165, 1.54) is 31.2 Å². The molecular weight excluding hydrogens is 224 g/mol. The van der Waals surface area contributed by atoms with E-state index in [2.05, 4.69) is 13.8 Å². The number of unbranched alkanes of at least 4 members (excludes halogenated alkanes) is 4. The van der Waals surface area contributed by atoms with Gasteiger partial charge in [-0.2, -0.15) is 0 Å². The van der Waals surface area contributed by atoms with Crippen molar-refractivity contribution >= 4 is 0 Å². The SMILES string of the molecule is CCCCCc1ccc(O)c(O)c1CCCCC. The lowest BCUT2D eigenvalue weighted by molar-refractivity contribution is 0.397. The molecule has 2 heteroatoms. The summed E-state index contributed by atoms with van der Waals surface area (Å²) in [5.74, 6) is 0.112. The summed E-state index contributed by atoms with van der Waals surface area (Å²) in [4.78, 5) is 0. The molecule has 0 saturated carbocycles.